The summed E-state index contributed by atoms with van der Waals surface area (Å²) in [6.07, 6.45) is 2.30. The van der Waals surface area contributed by atoms with Crippen LogP contribution in [0.3, 0.4) is 0 Å². The molecule has 0 unspecified atom stereocenters. The fraction of sp³-hybridized carbons (Fsp3) is 0.846. The topological polar surface area (TPSA) is 78.9 Å². The van der Waals surface area contributed by atoms with Crippen molar-refractivity contribution in [3.63, 3.8) is 0 Å². The van der Waals surface area contributed by atoms with Crippen molar-refractivity contribution in [1.82, 2.24) is 10.2 Å². The van der Waals surface area contributed by atoms with Crippen LogP contribution in [0, 0.1) is 5.92 Å². The van der Waals surface area contributed by atoms with E-state index in [2.05, 4.69) is 5.32 Å². The van der Waals surface area contributed by atoms with Gasteiger partial charge >= 0.3 is 12.0 Å². The summed E-state index contributed by atoms with van der Waals surface area (Å²) in [5, 5.41) is 11.8. The minimum Gasteiger partial charge on any atom is -0.480 e. The third-order valence-corrected chi connectivity index (χ3v) is 3.82. The molecule has 0 aliphatic carbocycles. The van der Waals surface area contributed by atoms with Gasteiger partial charge in [0.2, 0.25) is 0 Å². The predicted molar refractivity (Wildman–Crippen MR) is 71.0 cm³/mol. The lowest BCUT2D eigenvalue weighted by molar-refractivity contribution is -0.140. The highest BCUT2D eigenvalue weighted by atomic mass is 16.5. The molecule has 1 fully saturated rings. The van der Waals surface area contributed by atoms with Crippen molar-refractivity contribution in [2.45, 2.75) is 45.2 Å². The Labute approximate surface area is 114 Å². The Hall–Kier alpha value is -1.30. The third-order valence-electron chi connectivity index (χ3n) is 3.82. The van der Waals surface area contributed by atoms with Crippen molar-refractivity contribution in [1.29, 1.82) is 0 Å². The molecule has 6 nitrogen and oxygen atoms in total. The fourth-order valence-corrected chi connectivity index (χ4v) is 2.16. The molecule has 0 radical (unpaired) electrons. The summed E-state index contributed by atoms with van der Waals surface area (Å²) >= 11 is 0. The minimum absolute atomic E-state index is 0.0930. The number of aliphatic carboxylic acids is 1. The van der Waals surface area contributed by atoms with Gasteiger partial charge in [-0.25, -0.2) is 9.59 Å². The number of carboxylic acids is 1. The molecule has 0 aromatic rings. The van der Waals surface area contributed by atoms with E-state index in [-0.39, 0.29) is 18.0 Å². The lowest BCUT2D eigenvalue weighted by Crippen LogP contribution is -2.52. The van der Waals surface area contributed by atoms with E-state index in [0.29, 0.717) is 19.6 Å². The van der Waals surface area contributed by atoms with Gasteiger partial charge in [0, 0.05) is 26.3 Å². The first-order valence-electron chi connectivity index (χ1n) is 6.81. The van der Waals surface area contributed by atoms with E-state index in [1.807, 2.05) is 13.8 Å². The first-order chi connectivity index (χ1) is 8.97. The fourth-order valence-electron chi connectivity index (χ4n) is 2.16. The average molecular weight is 272 g/mol. The Balaban J connectivity index is 2.57. The SMILES string of the molecule is CC[C@H](C)[C@H](NC(=O)N(C)C1CCOCC1)C(=O)O. The van der Waals surface area contributed by atoms with Crippen LogP contribution in [0.1, 0.15) is 33.1 Å². The Morgan fingerprint density at radius 3 is 2.47 bits per heavy atom. The summed E-state index contributed by atoms with van der Waals surface area (Å²) < 4.78 is 5.25. The summed E-state index contributed by atoms with van der Waals surface area (Å²) in [6, 6.07) is -1.03. The number of nitrogens with one attached hydrogen (secondary N) is 1. The molecule has 1 rings (SSSR count). The van der Waals surface area contributed by atoms with E-state index in [4.69, 9.17) is 9.84 Å². The molecule has 0 spiro atoms. The first-order valence-corrected chi connectivity index (χ1v) is 6.81. The summed E-state index contributed by atoms with van der Waals surface area (Å²) in [5.74, 6) is -1.08. The zero-order valence-electron chi connectivity index (χ0n) is 11.9. The maximum absolute atomic E-state index is 12.1. The highest BCUT2D eigenvalue weighted by molar-refractivity contribution is 5.82. The maximum Gasteiger partial charge on any atom is 0.326 e. The molecular weight excluding hydrogens is 248 g/mol. The normalized spacial score (nSPS) is 19.5. The van der Waals surface area contributed by atoms with E-state index in [1.54, 1.807) is 11.9 Å². The zero-order chi connectivity index (χ0) is 14.4. The highest BCUT2D eigenvalue weighted by Gasteiger charge is 2.29. The van der Waals surface area contributed by atoms with Gasteiger partial charge in [-0.15, -0.1) is 0 Å². The number of carboxylic acid groups (broad SMARTS) is 1. The average Bonchev–Trinajstić information content (AvgIpc) is 2.43. The van der Waals surface area contributed by atoms with Gasteiger partial charge in [-0.1, -0.05) is 20.3 Å². The molecule has 0 saturated carbocycles. The number of carbonyl (C=O) groups is 2. The smallest absolute Gasteiger partial charge is 0.326 e. The molecular formula is C13H24N2O4. The van der Waals surface area contributed by atoms with Crippen LogP contribution in [0.2, 0.25) is 0 Å². The number of hydrogen-bond acceptors (Lipinski definition) is 3. The van der Waals surface area contributed by atoms with Crippen molar-refractivity contribution >= 4 is 12.0 Å². The number of urea groups is 1. The Bertz CT molecular complexity index is 316. The molecule has 1 saturated heterocycles. The monoisotopic (exact) mass is 272 g/mol. The highest BCUT2D eigenvalue weighted by Crippen LogP contribution is 2.14. The predicted octanol–water partition coefficient (Wildman–Crippen LogP) is 1.31. The standard InChI is InChI=1S/C13H24N2O4/c1-4-9(2)11(12(16)17)14-13(18)15(3)10-5-7-19-8-6-10/h9-11H,4-8H2,1-3H3,(H,14,18)(H,16,17)/t9-,11-/m0/s1. The van der Waals surface area contributed by atoms with Crippen molar-refractivity contribution in [3.8, 4) is 0 Å². The molecule has 6 heteroatoms. The van der Waals surface area contributed by atoms with Crippen LogP contribution in [0.15, 0.2) is 0 Å². The van der Waals surface area contributed by atoms with Crippen LogP contribution in [-0.4, -0.2) is 54.4 Å². The van der Waals surface area contributed by atoms with Gasteiger partial charge in [-0.2, -0.15) is 0 Å². The molecule has 110 valence electrons. The van der Waals surface area contributed by atoms with Gasteiger partial charge in [0.15, 0.2) is 0 Å². The number of carbonyl (C=O) groups excluding carboxylic acids is 1. The molecule has 2 amide bonds. The summed E-state index contributed by atoms with van der Waals surface area (Å²) in [5.41, 5.74) is 0. The maximum atomic E-state index is 12.1. The molecule has 0 aromatic heterocycles. The van der Waals surface area contributed by atoms with E-state index in [0.717, 1.165) is 12.8 Å². The minimum atomic E-state index is -0.983. The summed E-state index contributed by atoms with van der Waals surface area (Å²) in [6.45, 7) is 5.04. The Kier molecular flexibility index (Phi) is 6.08. The Morgan fingerprint density at radius 2 is 2.00 bits per heavy atom. The van der Waals surface area contributed by atoms with Crippen LogP contribution in [0.5, 0.6) is 0 Å². The molecule has 2 atom stereocenters. The molecule has 1 aliphatic heterocycles. The first kappa shape index (κ1) is 15.8. The Morgan fingerprint density at radius 1 is 1.42 bits per heavy atom. The molecule has 19 heavy (non-hydrogen) atoms. The van der Waals surface area contributed by atoms with Gasteiger partial charge < -0.3 is 20.1 Å². The van der Waals surface area contributed by atoms with Crippen molar-refractivity contribution in [2.75, 3.05) is 20.3 Å². The molecule has 2 N–H and O–H groups in total. The largest absolute Gasteiger partial charge is 0.480 e. The number of hydrogen-bond donors (Lipinski definition) is 2. The third kappa shape index (κ3) is 4.38. The number of nitrogens with zero attached hydrogens (tertiary/aromatic N) is 1. The lowest BCUT2D eigenvalue weighted by atomic mass is 9.99. The van der Waals surface area contributed by atoms with Gasteiger partial charge in [0.25, 0.3) is 0 Å². The summed E-state index contributed by atoms with van der Waals surface area (Å²) in [7, 11) is 1.71. The summed E-state index contributed by atoms with van der Waals surface area (Å²) in [4.78, 5) is 24.9. The van der Waals surface area contributed by atoms with Gasteiger partial charge in [0.05, 0.1) is 0 Å². The van der Waals surface area contributed by atoms with E-state index >= 15 is 0 Å². The van der Waals surface area contributed by atoms with Crippen molar-refractivity contribution in [2.24, 2.45) is 5.92 Å². The number of ether oxygens (including phenoxy) is 1. The second kappa shape index (κ2) is 7.33. The van der Waals surface area contributed by atoms with Gasteiger partial charge in [-0.05, 0) is 18.8 Å². The second-order valence-electron chi connectivity index (χ2n) is 5.11. The quantitative estimate of drug-likeness (QED) is 0.791. The zero-order valence-corrected chi connectivity index (χ0v) is 11.9. The van der Waals surface area contributed by atoms with E-state index in [9.17, 15) is 9.59 Å². The van der Waals surface area contributed by atoms with Crippen LogP contribution >= 0.6 is 0 Å². The number of rotatable bonds is 5. The van der Waals surface area contributed by atoms with Gasteiger partial charge in [-0.3, -0.25) is 0 Å². The molecule has 0 bridgehead atoms. The molecule has 1 aliphatic rings. The van der Waals surface area contributed by atoms with Crippen LogP contribution in [-0.2, 0) is 9.53 Å². The van der Waals surface area contributed by atoms with Gasteiger partial charge in [0.1, 0.15) is 6.04 Å². The van der Waals surface area contributed by atoms with Crippen molar-refractivity contribution < 1.29 is 19.4 Å². The van der Waals surface area contributed by atoms with Crippen LogP contribution in [0.25, 0.3) is 0 Å². The second-order valence-corrected chi connectivity index (χ2v) is 5.11. The molecule has 0 aromatic carbocycles. The van der Waals surface area contributed by atoms with E-state index in [1.165, 1.54) is 0 Å². The molecule has 1 heterocycles. The van der Waals surface area contributed by atoms with Crippen LogP contribution < -0.4 is 5.32 Å². The number of amides is 2. The lowest BCUT2D eigenvalue weighted by Gasteiger charge is -2.32. The van der Waals surface area contributed by atoms with E-state index < -0.39 is 12.0 Å². The van der Waals surface area contributed by atoms with Crippen LogP contribution in [0.4, 0.5) is 4.79 Å². The van der Waals surface area contributed by atoms with Crippen molar-refractivity contribution in [3.05, 3.63) is 0 Å².